The Morgan fingerprint density at radius 1 is 1.21 bits per heavy atom. The number of fused-ring (bicyclic) bond motifs is 5. The summed E-state index contributed by atoms with van der Waals surface area (Å²) < 4.78 is 30.8. The minimum Gasteiger partial charge on any atom is -0.486 e. The van der Waals surface area contributed by atoms with Crippen molar-refractivity contribution in [1.29, 1.82) is 0 Å². The predicted octanol–water partition coefficient (Wildman–Crippen LogP) is 2.25. The zero-order valence-electron chi connectivity index (χ0n) is 18.7. The number of ether oxygens (including phenoxy) is 3. The zero-order chi connectivity index (χ0) is 22.4. The van der Waals surface area contributed by atoms with Gasteiger partial charge in [-0.25, -0.2) is 9.97 Å². The van der Waals surface area contributed by atoms with Crippen LogP contribution in [0, 0.1) is 6.92 Å². The van der Waals surface area contributed by atoms with Crippen LogP contribution in [0.2, 0.25) is 0 Å². The molecule has 2 fully saturated rings. The van der Waals surface area contributed by atoms with Gasteiger partial charge in [0.15, 0.2) is 17.4 Å². The quantitative estimate of drug-likeness (QED) is 0.580. The van der Waals surface area contributed by atoms with Gasteiger partial charge in [-0.05, 0) is 35.0 Å². The maximum atomic E-state index is 13.7. The maximum absolute atomic E-state index is 13.7. The minimum absolute atomic E-state index is 0.118. The number of nitrogens with zero attached hydrogens (tertiary/aromatic N) is 3. The highest BCUT2D eigenvalue weighted by atomic mass is 32.2. The van der Waals surface area contributed by atoms with Crippen LogP contribution in [0.5, 0.6) is 5.75 Å². The fourth-order valence-corrected chi connectivity index (χ4v) is 8.73. The third-order valence-corrected chi connectivity index (χ3v) is 10.7. The average molecular weight is 467 g/mol. The topological polar surface area (TPSA) is 89.6 Å². The van der Waals surface area contributed by atoms with Crippen molar-refractivity contribution >= 4 is 31.1 Å². The molecule has 6 heterocycles. The number of morpholine rings is 1. The lowest BCUT2D eigenvalue weighted by Gasteiger charge is -2.41. The predicted molar refractivity (Wildman–Crippen MR) is 128 cm³/mol. The van der Waals surface area contributed by atoms with Gasteiger partial charge in [0.2, 0.25) is 0 Å². The van der Waals surface area contributed by atoms with Crippen molar-refractivity contribution in [1.82, 2.24) is 15.0 Å². The van der Waals surface area contributed by atoms with E-state index in [1.807, 2.05) is 19.2 Å². The van der Waals surface area contributed by atoms with Gasteiger partial charge in [0.1, 0.15) is 17.0 Å². The first-order valence-corrected chi connectivity index (χ1v) is 13.4. The molecule has 0 saturated carbocycles. The molecule has 3 aromatic rings. The minimum atomic E-state index is -2.23. The Morgan fingerprint density at radius 3 is 3.00 bits per heavy atom. The molecule has 2 saturated heterocycles. The highest BCUT2D eigenvalue weighted by Crippen LogP contribution is 2.55. The van der Waals surface area contributed by atoms with Crippen molar-refractivity contribution in [2.24, 2.45) is 0 Å². The van der Waals surface area contributed by atoms with Crippen LogP contribution < -0.4 is 9.64 Å². The highest BCUT2D eigenvalue weighted by Gasteiger charge is 2.63. The third-order valence-electron chi connectivity index (χ3n) is 7.57. The Balaban J connectivity index is 1.49. The maximum Gasteiger partial charge on any atom is 0.185 e. The van der Waals surface area contributed by atoms with Gasteiger partial charge in [-0.1, -0.05) is 12.1 Å². The molecule has 3 atom stereocenters. The van der Waals surface area contributed by atoms with Gasteiger partial charge in [-0.3, -0.25) is 4.21 Å². The Morgan fingerprint density at radius 2 is 2.12 bits per heavy atom. The van der Waals surface area contributed by atoms with Crippen LogP contribution in [-0.2, 0) is 23.7 Å². The van der Waals surface area contributed by atoms with E-state index in [9.17, 15) is 4.21 Å². The van der Waals surface area contributed by atoms with E-state index in [0.29, 0.717) is 51.0 Å². The van der Waals surface area contributed by atoms with Crippen LogP contribution in [0.1, 0.15) is 17.8 Å². The van der Waals surface area contributed by atoms with E-state index in [-0.39, 0.29) is 6.04 Å². The molecule has 33 heavy (non-hydrogen) atoms. The van der Waals surface area contributed by atoms with E-state index >= 15 is 0 Å². The lowest BCUT2D eigenvalue weighted by molar-refractivity contribution is 0.0690. The van der Waals surface area contributed by atoms with E-state index in [4.69, 9.17) is 24.2 Å². The molecule has 2 aromatic heterocycles. The Labute approximate surface area is 192 Å². The summed E-state index contributed by atoms with van der Waals surface area (Å²) in [6.07, 6.45) is 2.51. The second kappa shape index (κ2) is 6.71. The Kier molecular flexibility index (Phi) is 4.03. The summed E-state index contributed by atoms with van der Waals surface area (Å²) in [6, 6.07) is 8.40. The van der Waals surface area contributed by atoms with Crippen LogP contribution in [0.3, 0.4) is 0 Å². The molecule has 9 heteroatoms. The molecule has 3 unspecified atom stereocenters. The number of aromatic nitrogens is 3. The number of nitrogens with one attached hydrogen (secondary N) is 1. The largest absolute Gasteiger partial charge is 0.486 e. The standard InChI is InChI=1S/C24H26N4O4S/c1-14-10-17-16(4-3-5-18(17)25-14)22-26-21(24-6-8-30-13-19(24)33(24,2)29)20-23(27-22)28-7-9-31-11-15(28)12-32-20/h3-5,10,15,25H,6-9,11-13H2,1-2H3. The first kappa shape index (κ1) is 19.8. The van der Waals surface area contributed by atoms with Crippen LogP contribution in [-0.4, -0.2) is 75.9 Å². The van der Waals surface area contributed by atoms with Crippen LogP contribution in [0.15, 0.2) is 24.3 Å². The molecule has 4 aliphatic rings. The first-order chi connectivity index (χ1) is 16.0. The van der Waals surface area contributed by atoms with E-state index in [2.05, 4.69) is 28.1 Å². The highest BCUT2D eigenvalue weighted by molar-refractivity contribution is 8.12. The first-order valence-electron chi connectivity index (χ1n) is 11.4. The van der Waals surface area contributed by atoms with Crippen molar-refractivity contribution in [3.63, 3.8) is 0 Å². The van der Waals surface area contributed by atoms with Crippen molar-refractivity contribution in [3.8, 4) is 17.1 Å². The molecular formula is C24H26N4O4S. The number of rotatable bonds is 2. The van der Waals surface area contributed by atoms with Crippen molar-refractivity contribution < 1.29 is 18.4 Å². The van der Waals surface area contributed by atoms with E-state index in [1.54, 1.807) is 0 Å². The Bertz CT molecular complexity index is 1440. The lowest BCUT2D eigenvalue weighted by atomic mass is 9.94. The van der Waals surface area contributed by atoms with Crippen LogP contribution >= 0.6 is 0 Å². The molecule has 0 amide bonds. The average Bonchev–Trinajstić information content (AvgIpc) is 3.11. The second-order valence-corrected chi connectivity index (χ2v) is 12.3. The van der Waals surface area contributed by atoms with Gasteiger partial charge < -0.3 is 24.1 Å². The molecule has 172 valence electrons. The number of hydrogen-bond donors (Lipinski definition) is 1. The number of H-pyrrole nitrogens is 1. The molecule has 0 aliphatic carbocycles. The van der Waals surface area contributed by atoms with Gasteiger partial charge in [0.05, 0.1) is 25.9 Å². The van der Waals surface area contributed by atoms with Gasteiger partial charge >= 0.3 is 0 Å². The zero-order valence-corrected chi connectivity index (χ0v) is 19.5. The summed E-state index contributed by atoms with van der Waals surface area (Å²) in [7, 11) is -2.23. The summed E-state index contributed by atoms with van der Waals surface area (Å²) in [5.41, 5.74) is 3.87. The van der Waals surface area contributed by atoms with Crippen molar-refractivity contribution in [2.75, 3.05) is 50.7 Å². The van der Waals surface area contributed by atoms with Gasteiger partial charge in [0, 0.05) is 46.4 Å². The fourth-order valence-electron chi connectivity index (χ4n) is 5.80. The normalized spacial score (nSPS) is 30.4. The third kappa shape index (κ3) is 2.58. The summed E-state index contributed by atoms with van der Waals surface area (Å²) >= 11 is 0. The fraction of sp³-hybridized carbons (Fsp3) is 0.458. The van der Waals surface area contributed by atoms with E-state index in [1.165, 1.54) is 0 Å². The van der Waals surface area contributed by atoms with Gasteiger partial charge in [-0.15, -0.1) is 0 Å². The number of aryl methyl sites for hydroxylation is 1. The summed E-state index contributed by atoms with van der Waals surface area (Å²) in [5, 5.41) is 1.08. The van der Waals surface area contributed by atoms with Crippen molar-refractivity contribution in [2.45, 2.75) is 24.1 Å². The lowest BCUT2D eigenvalue weighted by Crippen LogP contribution is -2.52. The summed E-state index contributed by atoms with van der Waals surface area (Å²) in [5.74, 6) is 2.12. The van der Waals surface area contributed by atoms with E-state index < -0.39 is 14.3 Å². The molecule has 8 nitrogen and oxygen atoms in total. The smallest absolute Gasteiger partial charge is 0.185 e. The molecule has 0 radical (unpaired) electrons. The number of anilines is 1. The monoisotopic (exact) mass is 466 g/mol. The number of aromatic amines is 1. The van der Waals surface area contributed by atoms with Gasteiger partial charge in [-0.2, -0.15) is 0 Å². The molecular weight excluding hydrogens is 440 g/mol. The van der Waals surface area contributed by atoms with Crippen molar-refractivity contribution in [3.05, 3.63) is 35.7 Å². The SMILES string of the molecule is Cc1cc2c(-c3nc4c(c(C56CCOCC5=S6(C)=O)n3)OCC3COCCN43)cccc2[nH]1. The molecule has 0 bridgehead atoms. The summed E-state index contributed by atoms with van der Waals surface area (Å²) in [6.45, 7) is 5.57. The second-order valence-electron chi connectivity index (χ2n) is 9.40. The molecule has 0 spiro atoms. The van der Waals surface area contributed by atoms with Crippen LogP contribution in [0.25, 0.3) is 22.3 Å². The number of benzene rings is 1. The molecule has 7 rings (SSSR count). The number of hydrogen-bond acceptors (Lipinski definition) is 7. The Hall–Kier alpha value is -2.62. The van der Waals surface area contributed by atoms with E-state index in [0.717, 1.165) is 45.1 Å². The molecule has 4 aliphatic heterocycles. The van der Waals surface area contributed by atoms with Gasteiger partial charge in [0.25, 0.3) is 0 Å². The molecule has 1 N–H and O–H groups in total. The van der Waals surface area contributed by atoms with Crippen LogP contribution in [0.4, 0.5) is 5.82 Å². The molecule has 1 aromatic carbocycles. The summed E-state index contributed by atoms with van der Waals surface area (Å²) in [4.78, 5) is 16.8.